The van der Waals surface area contributed by atoms with Crippen molar-refractivity contribution < 1.29 is 32.2 Å². The van der Waals surface area contributed by atoms with Gasteiger partial charge in [-0.25, -0.2) is 18.0 Å². The Bertz CT molecular complexity index is 964. The fourth-order valence-corrected chi connectivity index (χ4v) is 3.12. The number of sulfonamides is 1. The van der Waals surface area contributed by atoms with Crippen molar-refractivity contribution in [2.45, 2.75) is 17.5 Å². The molecule has 0 spiro atoms. The zero-order valence-electron chi connectivity index (χ0n) is 14.8. The number of ether oxygens (including phenoxy) is 3. The number of benzene rings is 2. The summed E-state index contributed by atoms with van der Waals surface area (Å²) in [5, 5.41) is 0. The van der Waals surface area contributed by atoms with Crippen molar-refractivity contribution in [2.24, 2.45) is 0 Å². The average molecular weight is 403 g/mol. The van der Waals surface area contributed by atoms with Gasteiger partial charge in [-0.3, -0.25) is 0 Å². The molecule has 2 rings (SSSR count). The van der Waals surface area contributed by atoms with Gasteiger partial charge >= 0.3 is 12.1 Å². The molecule has 0 aliphatic heterocycles. The fraction of sp³-hybridized carbons (Fsp3) is 0.158. The molecule has 0 bridgehead atoms. The van der Waals surface area contributed by atoms with E-state index in [9.17, 15) is 18.0 Å². The molecule has 2 aromatic carbocycles. The highest BCUT2D eigenvalue weighted by molar-refractivity contribution is 7.89. The van der Waals surface area contributed by atoms with Gasteiger partial charge in [-0.2, -0.15) is 4.72 Å². The summed E-state index contributed by atoms with van der Waals surface area (Å²) in [6.07, 6.45) is 3.90. The third-order valence-electron chi connectivity index (χ3n) is 3.43. The Balaban J connectivity index is 1.96. The first-order chi connectivity index (χ1) is 13.4. The van der Waals surface area contributed by atoms with Crippen LogP contribution in [0.25, 0.3) is 0 Å². The molecule has 1 N–H and O–H groups in total. The van der Waals surface area contributed by atoms with Crippen LogP contribution in [0.15, 0.2) is 59.5 Å². The lowest BCUT2D eigenvalue weighted by molar-refractivity contribution is -0.140. The Kier molecular flexibility index (Phi) is 7.14. The maximum atomic E-state index is 12.3. The zero-order valence-corrected chi connectivity index (χ0v) is 15.6. The molecule has 0 radical (unpaired) electrons. The van der Waals surface area contributed by atoms with Crippen LogP contribution in [0.2, 0.25) is 0 Å². The molecular formula is C19H17NO7S. The van der Waals surface area contributed by atoms with Crippen LogP contribution in [0.1, 0.15) is 5.56 Å². The first-order valence-corrected chi connectivity index (χ1v) is 9.39. The lowest BCUT2D eigenvalue weighted by Gasteiger charge is -2.12. The maximum Gasteiger partial charge on any atom is 0.516 e. The zero-order chi connectivity index (χ0) is 20.6. The number of carbonyl (C=O) groups is 2. The van der Waals surface area contributed by atoms with Crippen LogP contribution in [0, 0.1) is 12.3 Å². The summed E-state index contributed by atoms with van der Waals surface area (Å²) in [5.74, 6) is 1.10. The molecule has 28 heavy (non-hydrogen) atoms. The summed E-state index contributed by atoms with van der Waals surface area (Å²) >= 11 is 0. The fourth-order valence-electron chi connectivity index (χ4n) is 2.02. The Morgan fingerprint density at radius 2 is 1.75 bits per heavy atom. The normalized spacial score (nSPS) is 11.7. The summed E-state index contributed by atoms with van der Waals surface area (Å²) < 4.78 is 40.8. The SMILES string of the molecule is C#C[C@@H](NS(=O)(=O)c1ccc(OC)cc1)C(=O)OC(=O)OCc1ccccc1. The van der Waals surface area contributed by atoms with E-state index in [-0.39, 0.29) is 11.5 Å². The monoisotopic (exact) mass is 403 g/mol. The Hall–Kier alpha value is -3.35. The number of carbonyl (C=O) groups excluding carboxylic acids is 2. The van der Waals surface area contributed by atoms with Gasteiger partial charge in [0.05, 0.1) is 12.0 Å². The minimum atomic E-state index is -4.13. The van der Waals surface area contributed by atoms with Crippen molar-refractivity contribution in [2.75, 3.05) is 7.11 Å². The quantitative estimate of drug-likeness (QED) is 0.427. The van der Waals surface area contributed by atoms with Crippen LogP contribution in [0.3, 0.4) is 0 Å². The van der Waals surface area contributed by atoms with Crippen LogP contribution in [-0.4, -0.2) is 33.7 Å². The molecule has 0 amide bonds. The molecule has 0 saturated heterocycles. The summed E-state index contributed by atoms with van der Waals surface area (Å²) in [7, 11) is -2.70. The molecule has 0 aliphatic carbocycles. The molecule has 0 heterocycles. The highest BCUT2D eigenvalue weighted by Crippen LogP contribution is 2.15. The lowest BCUT2D eigenvalue weighted by atomic mass is 10.2. The van der Waals surface area contributed by atoms with E-state index in [1.54, 1.807) is 30.3 Å². The van der Waals surface area contributed by atoms with E-state index in [0.717, 1.165) is 0 Å². The molecule has 0 unspecified atom stereocenters. The standard InChI is InChI=1S/C19H17NO7S/c1-3-17(20-28(23,24)16-11-9-15(25-2)10-12-16)18(21)27-19(22)26-13-14-7-5-4-6-8-14/h1,4-12,17,20H,13H2,2H3/t17-/m1/s1. The predicted molar refractivity (Wildman–Crippen MR) is 98.7 cm³/mol. The number of methoxy groups -OCH3 is 1. The predicted octanol–water partition coefficient (Wildman–Crippen LogP) is 1.86. The van der Waals surface area contributed by atoms with E-state index in [1.807, 2.05) is 10.6 Å². The van der Waals surface area contributed by atoms with Gasteiger partial charge in [0, 0.05) is 0 Å². The van der Waals surface area contributed by atoms with Gasteiger partial charge in [-0.1, -0.05) is 36.3 Å². The maximum absolute atomic E-state index is 12.3. The molecule has 0 aromatic heterocycles. The van der Waals surface area contributed by atoms with Crippen LogP contribution >= 0.6 is 0 Å². The highest BCUT2D eigenvalue weighted by Gasteiger charge is 2.27. The first kappa shape index (κ1) is 21.0. The van der Waals surface area contributed by atoms with Gasteiger partial charge in [0.1, 0.15) is 12.4 Å². The van der Waals surface area contributed by atoms with Gasteiger partial charge in [0.2, 0.25) is 10.0 Å². The van der Waals surface area contributed by atoms with E-state index in [4.69, 9.17) is 15.9 Å². The molecule has 1 atom stereocenters. The van der Waals surface area contributed by atoms with Gasteiger partial charge in [0.25, 0.3) is 0 Å². The molecule has 9 heteroatoms. The van der Waals surface area contributed by atoms with Crippen molar-refractivity contribution in [1.29, 1.82) is 0 Å². The molecule has 8 nitrogen and oxygen atoms in total. The Morgan fingerprint density at radius 3 is 2.32 bits per heavy atom. The van der Waals surface area contributed by atoms with Crippen LogP contribution in [0.5, 0.6) is 5.75 Å². The number of esters is 1. The summed E-state index contributed by atoms with van der Waals surface area (Å²) in [5.41, 5.74) is 0.681. The van der Waals surface area contributed by atoms with E-state index in [2.05, 4.69) is 4.74 Å². The largest absolute Gasteiger partial charge is 0.516 e. The number of hydrogen-bond acceptors (Lipinski definition) is 7. The minimum absolute atomic E-state index is 0.120. The minimum Gasteiger partial charge on any atom is -0.497 e. The van der Waals surface area contributed by atoms with Crippen molar-refractivity contribution in [3.05, 3.63) is 60.2 Å². The van der Waals surface area contributed by atoms with E-state index >= 15 is 0 Å². The van der Waals surface area contributed by atoms with Crippen LogP contribution in [0.4, 0.5) is 4.79 Å². The third kappa shape index (κ3) is 5.84. The van der Waals surface area contributed by atoms with Gasteiger partial charge in [-0.05, 0) is 29.8 Å². The number of rotatable bonds is 7. The second-order valence-electron chi connectivity index (χ2n) is 5.34. The van der Waals surface area contributed by atoms with Crippen LogP contribution in [-0.2, 0) is 30.9 Å². The summed E-state index contributed by atoms with van der Waals surface area (Å²) in [6.45, 7) is -0.120. The first-order valence-electron chi connectivity index (χ1n) is 7.90. The molecular weight excluding hydrogens is 386 g/mol. The molecule has 146 valence electrons. The van der Waals surface area contributed by atoms with Gasteiger partial charge in [-0.15, -0.1) is 6.42 Å². The van der Waals surface area contributed by atoms with E-state index < -0.39 is 28.2 Å². The molecule has 2 aromatic rings. The highest BCUT2D eigenvalue weighted by atomic mass is 32.2. The molecule has 0 fully saturated rings. The van der Waals surface area contributed by atoms with Crippen molar-refractivity contribution in [3.63, 3.8) is 0 Å². The third-order valence-corrected chi connectivity index (χ3v) is 4.87. The molecule has 0 aliphatic rings. The number of terminal acetylenes is 1. The second-order valence-corrected chi connectivity index (χ2v) is 7.06. The second kappa shape index (κ2) is 9.55. The Morgan fingerprint density at radius 1 is 1.11 bits per heavy atom. The van der Waals surface area contributed by atoms with Crippen molar-refractivity contribution in [1.82, 2.24) is 4.72 Å². The van der Waals surface area contributed by atoms with Crippen molar-refractivity contribution in [3.8, 4) is 18.1 Å². The van der Waals surface area contributed by atoms with E-state index in [1.165, 1.54) is 31.4 Å². The summed E-state index contributed by atoms with van der Waals surface area (Å²) in [6, 6.07) is 12.4. The summed E-state index contributed by atoms with van der Waals surface area (Å²) in [4.78, 5) is 23.5. The van der Waals surface area contributed by atoms with Crippen LogP contribution < -0.4 is 9.46 Å². The Labute approximate surface area is 162 Å². The molecule has 0 saturated carbocycles. The van der Waals surface area contributed by atoms with E-state index in [0.29, 0.717) is 11.3 Å². The topological polar surface area (TPSA) is 108 Å². The van der Waals surface area contributed by atoms with Crippen molar-refractivity contribution >= 4 is 22.1 Å². The van der Waals surface area contributed by atoms with Gasteiger partial charge in [0.15, 0.2) is 6.04 Å². The average Bonchev–Trinajstić information content (AvgIpc) is 2.71. The lowest BCUT2D eigenvalue weighted by Crippen LogP contribution is -2.41. The number of hydrogen-bond donors (Lipinski definition) is 1. The number of nitrogens with one attached hydrogen (secondary N) is 1. The smallest absolute Gasteiger partial charge is 0.497 e. The van der Waals surface area contributed by atoms with Gasteiger partial charge < -0.3 is 14.2 Å².